The molecule has 0 aromatic rings. The largest absolute Gasteiger partial charge is 0.355 e. The van der Waals surface area contributed by atoms with Gasteiger partial charge in [0.2, 0.25) is 5.91 Å². The molecule has 2 aliphatic rings. The monoisotopic (exact) mass is 281 g/mol. The van der Waals surface area contributed by atoms with Crippen LogP contribution in [0.4, 0.5) is 4.79 Å². The summed E-state index contributed by atoms with van der Waals surface area (Å²) in [6, 6.07) is -0.434. The highest BCUT2D eigenvalue weighted by Crippen LogP contribution is 2.36. The fraction of sp³-hybridized carbons (Fsp3) is 0.786. The van der Waals surface area contributed by atoms with Gasteiger partial charge in [0.15, 0.2) is 0 Å². The van der Waals surface area contributed by atoms with Gasteiger partial charge in [-0.2, -0.15) is 0 Å². The second-order valence-corrected chi connectivity index (χ2v) is 5.94. The third-order valence-electron chi connectivity index (χ3n) is 4.25. The molecule has 0 aromatic heterocycles. The fourth-order valence-corrected chi connectivity index (χ4v) is 2.88. The molecule has 4 amide bonds. The summed E-state index contributed by atoms with van der Waals surface area (Å²) in [5.41, 5.74) is -0.755. The fourth-order valence-electron chi connectivity index (χ4n) is 2.88. The molecule has 112 valence electrons. The topological polar surface area (TPSA) is 78.5 Å². The molecular formula is C14H23N3O3. The Bertz CT molecular complexity index is 414. The van der Waals surface area contributed by atoms with Crippen molar-refractivity contribution in [2.75, 3.05) is 13.1 Å². The van der Waals surface area contributed by atoms with Crippen LogP contribution in [-0.4, -0.2) is 41.4 Å². The smallest absolute Gasteiger partial charge is 0.325 e. The lowest BCUT2D eigenvalue weighted by Gasteiger charge is -2.33. The minimum Gasteiger partial charge on any atom is -0.355 e. The maximum Gasteiger partial charge on any atom is 0.325 e. The second kappa shape index (κ2) is 5.81. The van der Waals surface area contributed by atoms with Crippen molar-refractivity contribution in [3.63, 3.8) is 0 Å². The Labute approximate surface area is 119 Å². The first-order valence-corrected chi connectivity index (χ1v) is 7.39. The molecule has 0 atom stereocenters. The third-order valence-corrected chi connectivity index (χ3v) is 4.25. The minimum absolute atomic E-state index is 0.179. The summed E-state index contributed by atoms with van der Waals surface area (Å²) in [5, 5.41) is 5.49. The van der Waals surface area contributed by atoms with Gasteiger partial charge in [0.05, 0.1) is 0 Å². The van der Waals surface area contributed by atoms with Crippen LogP contribution in [-0.2, 0) is 9.59 Å². The van der Waals surface area contributed by atoms with Gasteiger partial charge >= 0.3 is 6.03 Å². The van der Waals surface area contributed by atoms with E-state index in [1.165, 1.54) is 0 Å². The number of hydrogen-bond donors (Lipinski definition) is 2. The maximum absolute atomic E-state index is 12.5. The van der Waals surface area contributed by atoms with E-state index in [0.717, 1.165) is 24.2 Å². The summed E-state index contributed by atoms with van der Waals surface area (Å²) in [4.78, 5) is 37.2. The zero-order chi connectivity index (χ0) is 14.8. The molecule has 1 aliphatic heterocycles. The number of imide groups is 1. The highest BCUT2D eigenvalue weighted by Gasteiger charge is 2.52. The van der Waals surface area contributed by atoms with E-state index in [0.29, 0.717) is 25.3 Å². The van der Waals surface area contributed by atoms with E-state index in [2.05, 4.69) is 17.6 Å². The van der Waals surface area contributed by atoms with Gasteiger partial charge in [-0.25, -0.2) is 4.79 Å². The van der Waals surface area contributed by atoms with Crippen molar-refractivity contribution >= 4 is 17.8 Å². The van der Waals surface area contributed by atoms with E-state index >= 15 is 0 Å². The van der Waals surface area contributed by atoms with E-state index in [9.17, 15) is 14.4 Å². The highest BCUT2D eigenvalue weighted by molar-refractivity contribution is 6.09. The van der Waals surface area contributed by atoms with Crippen LogP contribution in [0.25, 0.3) is 0 Å². The van der Waals surface area contributed by atoms with E-state index in [1.54, 1.807) is 0 Å². The van der Waals surface area contributed by atoms with Crippen LogP contribution in [0.5, 0.6) is 0 Å². The Hall–Kier alpha value is -1.59. The molecular weight excluding hydrogens is 258 g/mol. The Morgan fingerprint density at radius 3 is 2.65 bits per heavy atom. The van der Waals surface area contributed by atoms with Crippen molar-refractivity contribution in [2.45, 2.75) is 51.5 Å². The molecule has 0 unspecified atom stereocenters. The Morgan fingerprint density at radius 1 is 1.40 bits per heavy atom. The van der Waals surface area contributed by atoms with Crippen LogP contribution in [0.15, 0.2) is 0 Å². The molecule has 1 saturated carbocycles. The number of amides is 4. The Morgan fingerprint density at radius 2 is 2.05 bits per heavy atom. The van der Waals surface area contributed by atoms with Crippen LogP contribution in [0.1, 0.15) is 46.0 Å². The van der Waals surface area contributed by atoms with E-state index in [-0.39, 0.29) is 18.4 Å². The van der Waals surface area contributed by atoms with E-state index in [1.807, 2.05) is 6.92 Å². The molecule has 2 N–H and O–H groups in total. The molecule has 6 nitrogen and oxygen atoms in total. The average molecular weight is 281 g/mol. The lowest BCUT2D eigenvalue weighted by atomic mass is 9.77. The standard InChI is InChI=1S/C14H23N3O3/c1-3-8-15-11(18)9-17-12(19)14(16-13(17)20)6-4-10(2)5-7-14/h10H,3-9H2,1-2H3,(H,15,18)(H,16,20). The molecule has 0 bridgehead atoms. The predicted molar refractivity (Wildman–Crippen MR) is 73.9 cm³/mol. The third kappa shape index (κ3) is 2.78. The number of hydrogen-bond acceptors (Lipinski definition) is 3. The normalized spacial score (nSPS) is 29.7. The molecule has 1 heterocycles. The van der Waals surface area contributed by atoms with E-state index < -0.39 is 11.6 Å². The zero-order valence-corrected chi connectivity index (χ0v) is 12.2. The number of rotatable bonds is 4. The molecule has 0 radical (unpaired) electrons. The highest BCUT2D eigenvalue weighted by atomic mass is 16.2. The van der Waals surface area contributed by atoms with Gasteiger partial charge in [0, 0.05) is 6.54 Å². The first-order valence-electron chi connectivity index (χ1n) is 7.39. The number of carbonyl (C=O) groups excluding carboxylic acids is 3. The van der Waals surface area contributed by atoms with Crippen molar-refractivity contribution in [1.29, 1.82) is 0 Å². The second-order valence-electron chi connectivity index (χ2n) is 5.94. The summed E-state index contributed by atoms with van der Waals surface area (Å²) < 4.78 is 0. The first kappa shape index (κ1) is 14.8. The summed E-state index contributed by atoms with van der Waals surface area (Å²) in [7, 11) is 0. The molecule has 6 heteroatoms. The molecule has 1 spiro atoms. The molecule has 20 heavy (non-hydrogen) atoms. The van der Waals surface area contributed by atoms with Gasteiger partial charge < -0.3 is 10.6 Å². The SMILES string of the molecule is CCCNC(=O)CN1C(=O)NC2(CCC(C)CC2)C1=O. The van der Waals surface area contributed by atoms with Gasteiger partial charge in [0.25, 0.3) is 5.91 Å². The van der Waals surface area contributed by atoms with Gasteiger partial charge in [-0.15, -0.1) is 0 Å². The molecule has 2 rings (SSSR count). The minimum atomic E-state index is -0.755. The summed E-state index contributed by atoms with van der Waals surface area (Å²) in [6.07, 6.45) is 4.04. The van der Waals surface area contributed by atoms with Gasteiger partial charge in [0.1, 0.15) is 12.1 Å². The van der Waals surface area contributed by atoms with Gasteiger partial charge in [-0.1, -0.05) is 13.8 Å². The van der Waals surface area contributed by atoms with Crippen molar-refractivity contribution in [3.05, 3.63) is 0 Å². The number of nitrogens with zero attached hydrogens (tertiary/aromatic N) is 1. The van der Waals surface area contributed by atoms with Gasteiger partial charge in [-0.05, 0) is 38.0 Å². The quantitative estimate of drug-likeness (QED) is 0.755. The van der Waals surface area contributed by atoms with Crippen LogP contribution in [0, 0.1) is 5.92 Å². The van der Waals surface area contributed by atoms with Crippen LogP contribution in [0.3, 0.4) is 0 Å². The number of nitrogens with one attached hydrogen (secondary N) is 2. The Kier molecular flexibility index (Phi) is 4.30. The van der Waals surface area contributed by atoms with Crippen molar-refractivity contribution in [2.24, 2.45) is 5.92 Å². The molecule has 1 aliphatic carbocycles. The number of carbonyl (C=O) groups is 3. The van der Waals surface area contributed by atoms with Crippen molar-refractivity contribution < 1.29 is 14.4 Å². The van der Waals surface area contributed by atoms with E-state index in [4.69, 9.17) is 0 Å². The molecule has 1 saturated heterocycles. The lowest BCUT2D eigenvalue weighted by Crippen LogP contribution is -2.49. The zero-order valence-electron chi connectivity index (χ0n) is 12.2. The molecule has 0 aromatic carbocycles. The lowest BCUT2D eigenvalue weighted by molar-refractivity contribution is -0.136. The maximum atomic E-state index is 12.5. The van der Waals surface area contributed by atoms with Crippen LogP contribution >= 0.6 is 0 Å². The van der Waals surface area contributed by atoms with Crippen LogP contribution in [0.2, 0.25) is 0 Å². The van der Waals surface area contributed by atoms with Gasteiger partial charge in [-0.3, -0.25) is 14.5 Å². The summed E-state index contributed by atoms with van der Waals surface area (Å²) >= 11 is 0. The predicted octanol–water partition coefficient (Wildman–Crippen LogP) is 1.01. The first-order chi connectivity index (χ1) is 9.48. The number of urea groups is 1. The van der Waals surface area contributed by atoms with Crippen molar-refractivity contribution in [3.8, 4) is 0 Å². The molecule has 2 fully saturated rings. The van der Waals surface area contributed by atoms with Crippen LogP contribution < -0.4 is 10.6 Å². The summed E-state index contributed by atoms with van der Waals surface area (Å²) in [6.45, 7) is 4.49. The summed E-state index contributed by atoms with van der Waals surface area (Å²) in [5.74, 6) is 0.0739. The Balaban J connectivity index is 2.00. The average Bonchev–Trinajstić information content (AvgIpc) is 2.65. The van der Waals surface area contributed by atoms with Crippen molar-refractivity contribution in [1.82, 2.24) is 15.5 Å².